The van der Waals surface area contributed by atoms with Crippen molar-refractivity contribution in [3.05, 3.63) is 77.1 Å². The Bertz CT molecular complexity index is 1270. The summed E-state index contributed by atoms with van der Waals surface area (Å²) in [7, 11) is 1.33. The smallest absolute Gasteiger partial charge is 0.307 e. The molecule has 10 nitrogen and oxygen atoms in total. The molecule has 0 aliphatic heterocycles. The minimum absolute atomic E-state index is 0.0812. The van der Waals surface area contributed by atoms with E-state index in [-0.39, 0.29) is 31.4 Å². The first-order chi connectivity index (χ1) is 18.2. The van der Waals surface area contributed by atoms with Gasteiger partial charge in [-0.05, 0) is 31.0 Å². The minimum atomic E-state index is -1.13. The Morgan fingerprint density at radius 1 is 1.16 bits per heavy atom. The summed E-state index contributed by atoms with van der Waals surface area (Å²) in [6, 6.07) is 18.5. The van der Waals surface area contributed by atoms with E-state index in [1.807, 2.05) is 48.5 Å². The first-order valence-electron chi connectivity index (χ1n) is 12.0. The molecule has 3 rings (SSSR count). The molecule has 0 fully saturated rings. The van der Waals surface area contributed by atoms with Gasteiger partial charge in [0.15, 0.2) is 11.0 Å². The highest BCUT2D eigenvalue weighted by Crippen LogP contribution is 2.26. The second kappa shape index (κ2) is 13.7. The van der Waals surface area contributed by atoms with Crippen molar-refractivity contribution in [1.82, 2.24) is 20.1 Å². The second-order valence-corrected chi connectivity index (χ2v) is 10.1. The van der Waals surface area contributed by atoms with Crippen molar-refractivity contribution in [1.29, 1.82) is 5.26 Å². The van der Waals surface area contributed by atoms with Crippen molar-refractivity contribution in [2.45, 2.75) is 55.9 Å². The zero-order chi connectivity index (χ0) is 27.5. The predicted octanol–water partition coefficient (Wildman–Crippen LogP) is 3.12. The van der Waals surface area contributed by atoms with Crippen molar-refractivity contribution in [3.63, 3.8) is 0 Å². The predicted molar refractivity (Wildman–Crippen MR) is 143 cm³/mol. The van der Waals surface area contributed by atoms with E-state index in [0.717, 1.165) is 11.1 Å². The van der Waals surface area contributed by atoms with E-state index in [4.69, 9.17) is 15.2 Å². The lowest BCUT2D eigenvalue weighted by Crippen LogP contribution is -2.51. The number of carbonyl (C=O) groups excluding carboxylic acids is 2. The van der Waals surface area contributed by atoms with E-state index in [9.17, 15) is 14.9 Å². The minimum Gasteiger partial charge on any atom is -0.469 e. The van der Waals surface area contributed by atoms with E-state index in [1.54, 1.807) is 24.5 Å². The highest BCUT2D eigenvalue weighted by molar-refractivity contribution is 7.98. The number of aromatic nitrogens is 3. The molecule has 0 saturated heterocycles. The molecule has 0 radical (unpaired) electrons. The first-order valence-corrected chi connectivity index (χ1v) is 13.0. The maximum Gasteiger partial charge on any atom is 0.307 e. The number of ether oxygens (including phenoxy) is 2. The van der Waals surface area contributed by atoms with Gasteiger partial charge in [-0.3, -0.25) is 9.59 Å². The van der Waals surface area contributed by atoms with Gasteiger partial charge in [-0.15, -0.1) is 10.2 Å². The standard InChI is InChI=1S/C27H32N6O4S/c1-27(2,29)25(35)30-22(17-37-16-19-9-5-4-6-10-19)24-31-32-26(33(24)14-13-23(34)36-3)38-18-21-12-8-7-11-20(21)15-28/h4-12,22H,13-14,16-18,29H2,1-3H3,(H,30,35). The maximum absolute atomic E-state index is 12.8. The molecule has 3 aromatic rings. The summed E-state index contributed by atoms with van der Waals surface area (Å²) in [5, 5.41) is 21.6. The summed E-state index contributed by atoms with van der Waals surface area (Å²) >= 11 is 1.38. The van der Waals surface area contributed by atoms with Crippen LogP contribution in [0.4, 0.5) is 0 Å². The van der Waals surface area contributed by atoms with Crippen molar-refractivity contribution in [2.75, 3.05) is 13.7 Å². The lowest BCUT2D eigenvalue weighted by atomic mass is 10.1. The number of amides is 1. The molecule has 1 aromatic heterocycles. The molecule has 0 aliphatic carbocycles. The molecule has 1 heterocycles. The van der Waals surface area contributed by atoms with Gasteiger partial charge in [-0.25, -0.2) is 0 Å². The van der Waals surface area contributed by atoms with Crippen LogP contribution in [-0.2, 0) is 38.0 Å². The summed E-state index contributed by atoms with van der Waals surface area (Å²) < 4.78 is 12.5. The number of carbonyl (C=O) groups is 2. The van der Waals surface area contributed by atoms with E-state index in [0.29, 0.717) is 28.9 Å². The topological polar surface area (TPSA) is 145 Å². The van der Waals surface area contributed by atoms with Gasteiger partial charge >= 0.3 is 5.97 Å². The SMILES string of the molecule is COC(=O)CCn1c(SCc2ccccc2C#N)nnc1C(COCc1ccccc1)NC(=O)C(C)(C)N. The number of nitrogens with one attached hydrogen (secondary N) is 1. The van der Waals surface area contributed by atoms with Crippen LogP contribution in [0.2, 0.25) is 0 Å². The van der Waals surface area contributed by atoms with Gasteiger partial charge in [0.05, 0.1) is 43.9 Å². The molecule has 1 amide bonds. The van der Waals surface area contributed by atoms with E-state index < -0.39 is 11.6 Å². The lowest BCUT2D eigenvalue weighted by Gasteiger charge is -2.24. The Labute approximate surface area is 226 Å². The molecule has 0 bridgehead atoms. The molecule has 2 aromatic carbocycles. The van der Waals surface area contributed by atoms with Crippen LogP contribution in [0.15, 0.2) is 59.8 Å². The monoisotopic (exact) mass is 536 g/mol. The summed E-state index contributed by atoms with van der Waals surface area (Å²) in [5.74, 6) is 0.123. The van der Waals surface area contributed by atoms with Crippen molar-refractivity contribution in [2.24, 2.45) is 5.73 Å². The molecular weight excluding hydrogens is 504 g/mol. The first kappa shape index (κ1) is 28.8. The van der Waals surface area contributed by atoms with Crippen LogP contribution in [0.3, 0.4) is 0 Å². The van der Waals surface area contributed by atoms with E-state index in [1.165, 1.54) is 18.9 Å². The number of esters is 1. The summed E-state index contributed by atoms with van der Waals surface area (Å²) in [6.45, 7) is 3.89. The van der Waals surface area contributed by atoms with Gasteiger partial charge in [0.1, 0.15) is 6.04 Å². The fourth-order valence-electron chi connectivity index (χ4n) is 3.47. The Kier molecular flexibility index (Phi) is 10.4. The average molecular weight is 537 g/mol. The van der Waals surface area contributed by atoms with Crippen molar-refractivity contribution in [3.8, 4) is 6.07 Å². The van der Waals surface area contributed by atoms with Gasteiger partial charge in [-0.1, -0.05) is 60.3 Å². The summed E-state index contributed by atoms with van der Waals surface area (Å²) in [4.78, 5) is 24.8. The van der Waals surface area contributed by atoms with Crippen LogP contribution < -0.4 is 11.1 Å². The van der Waals surface area contributed by atoms with Gasteiger partial charge < -0.3 is 25.1 Å². The van der Waals surface area contributed by atoms with Crippen LogP contribution in [0.25, 0.3) is 0 Å². The average Bonchev–Trinajstić information content (AvgIpc) is 3.32. The Morgan fingerprint density at radius 2 is 1.87 bits per heavy atom. The van der Waals surface area contributed by atoms with E-state index in [2.05, 4.69) is 21.6 Å². The third-order valence-electron chi connectivity index (χ3n) is 5.61. The van der Waals surface area contributed by atoms with Gasteiger partial charge in [-0.2, -0.15) is 5.26 Å². The lowest BCUT2D eigenvalue weighted by molar-refractivity contribution is -0.141. The van der Waals surface area contributed by atoms with Gasteiger partial charge in [0.25, 0.3) is 0 Å². The number of hydrogen-bond donors (Lipinski definition) is 2. The third kappa shape index (κ3) is 8.14. The maximum atomic E-state index is 12.8. The number of nitrogens with zero attached hydrogens (tertiary/aromatic N) is 4. The van der Waals surface area contributed by atoms with Crippen LogP contribution in [-0.4, -0.2) is 45.9 Å². The number of hydrogen-bond acceptors (Lipinski definition) is 9. The Balaban J connectivity index is 1.88. The number of benzene rings is 2. The molecule has 0 aliphatic rings. The Hall–Kier alpha value is -3.72. The molecule has 3 N–H and O–H groups in total. The molecule has 200 valence electrons. The zero-order valence-corrected chi connectivity index (χ0v) is 22.5. The van der Waals surface area contributed by atoms with Crippen LogP contribution in [0, 0.1) is 11.3 Å². The molecule has 1 unspecified atom stereocenters. The third-order valence-corrected chi connectivity index (χ3v) is 6.62. The number of thioether (sulfide) groups is 1. The largest absolute Gasteiger partial charge is 0.469 e. The number of nitrogens with two attached hydrogens (primary N) is 1. The van der Waals surface area contributed by atoms with Gasteiger partial charge in [0.2, 0.25) is 5.91 Å². The normalized spacial score (nSPS) is 12.0. The highest BCUT2D eigenvalue weighted by atomic mass is 32.2. The second-order valence-electron chi connectivity index (χ2n) is 9.12. The number of rotatable bonds is 13. The molecule has 11 heteroatoms. The van der Waals surface area contributed by atoms with Crippen molar-refractivity contribution < 1.29 is 19.1 Å². The quantitative estimate of drug-likeness (QED) is 0.248. The number of nitriles is 1. The molecule has 0 saturated carbocycles. The van der Waals surface area contributed by atoms with Crippen molar-refractivity contribution >= 4 is 23.6 Å². The van der Waals surface area contributed by atoms with Crippen LogP contribution >= 0.6 is 11.8 Å². The van der Waals surface area contributed by atoms with Crippen LogP contribution in [0.5, 0.6) is 0 Å². The fourth-order valence-corrected chi connectivity index (χ4v) is 4.45. The Morgan fingerprint density at radius 3 is 2.55 bits per heavy atom. The fraction of sp³-hybridized carbons (Fsp3) is 0.370. The molecule has 1 atom stereocenters. The summed E-state index contributed by atoms with van der Waals surface area (Å²) in [5.41, 5.74) is 7.31. The molecular formula is C27H32N6O4S. The highest BCUT2D eigenvalue weighted by Gasteiger charge is 2.29. The number of methoxy groups -OCH3 is 1. The van der Waals surface area contributed by atoms with Crippen LogP contribution in [0.1, 0.15) is 48.8 Å². The molecule has 38 heavy (non-hydrogen) atoms. The summed E-state index contributed by atoms with van der Waals surface area (Å²) in [6.07, 6.45) is 0.0812. The zero-order valence-electron chi connectivity index (χ0n) is 21.7. The molecule has 0 spiro atoms. The van der Waals surface area contributed by atoms with E-state index >= 15 is 0 Å². The van der Waals surface area contributed by atoms with Gasteiger partial charge in [0, 0.05) is 12.3 Å².